The average Bonchev–Trinajstić information content (AvgIpc) is 2.45. The normalized spacial score (nSPS) is 13.3. The second-order valence-electron chi connectivity index (χ2n) is 4.85. The van der Waals surface area contributed by atoms with E-state index in [9.17, 15) is 9.59 Å². The number of methoxy groups -OCH3 is 1. The Hall–Kier alpha value is -1.53. The van der Waals surface area contributed by atoms with Crippen LogP contribution in [-0.2, 0) is 14.3 Å². The maximum absolute atomic E-state index is 11.9. The molecule has 0 aromatic heterocycles. The van der Waals surface area contributed by atoms with Gasteiger partial charge in [-0.1, -0.05) is 12.1 Å². The Morgan fingerprint density at radius 2 is 1.90 bits per heavy atom. The smallest absolute Gasteiger partial charge is 0.307 e. The van der Waals surface area contributed by atoms with E-state index in [4.69, 9.17) is 10.5 Å². The summed E-state index contributed by atoms with van der Waals surface area (Å²) in [6.45, 7) is 1.77. The van der Waals surface area contributed by atoms with E-state index in [0.29, 0.717) is 0 Å². The molecule has 0 aliphatic rings. The number of thioether (sulfide) groups is 1. The molecule has 1 aromatic carbocycles. The lowest BCUT2D eigenvalue weighted by Crippen LogP contribution is -2.34. The van der Waals surface area contributed by atoms with E-state index in [1.807, 2.05) is 30.5 Å². The Kier molecular flexibility index (Phi) is 7.25. The van der Waals surface area contributed by atoms with E-state index in [1.54, 1.807) is 18.7 Å². The number of rotatable bonds is 7. The van der Waals surface area contributed by atoms with Crippen LogP contribution in [-0.4, -0.2) is 31.3 Å². The zero-order valence-electron chi connectivity index (χ0n) is 12.6. The summed E-state index contributed by atoms with van der Waals surface area (Å²) in [7, 11) is 1.33. The van der Waals surface area contributed by atoms with Gasteiger partial charge in [0.2, 0.25) is 5.91 Å². The molecule has 0 radical (unpaired) electrons. The molecule has 5 nitrogen and oxygen atoms in total. The highest BCUT2D eigenvalue weighted by Gasteiger charge is 2.19. The monoisotopic (exact) mass is 310 g/mol. The lowest BCUT2D eigenvalue weighted by Gasteiger charge is -2.19. The quantitative estimate of drug-likeness (QED) is 0.593. The summed E-state index contributed by atoms with van der Waals surface area (Å²) in [5, 5.41) is 2.84. The summed E-state index contributed by atoms with van der Waals surface area (Å²) in [4.78, 5) is 24.5. The van der Waals surface area contributed by atoms with E-state index in [2.05, 4.69) is 5.32 Å². The number of ether oxygens (including phenoxy) is 1. The van der Waals surface area contributed by atoms with Gasteiger partial charge in [0.15, 0.2) is 0 Å². The number of hydrogen-bond acceptors (Lipinski definition) is 5. The van der Waals surface area contributed by atoms with Crippen LogP contribution < -0.4 is 11.1 Å². The van der Waals surface area contributed by atoms with Gasteiger partial charge in [-0.25, -0.2) is 0 Å². The van der Waals surface area contributed by atoms with E-state index >= 15 is 0 Å². The molecule has 0 saturated carbocycles. The number of nitrogens with one attached hydrogen (secondary N) is 1. The number of benzene rings is 1. The molecule has 2 atom stereocenters. The van der Waals surface area contributed by atoms with Crippen molar-refractivity contribution in [1.29, 1.82) is 0 Å². The molecule has 0 aliphatic carbocycles. The van der Waals surface area contributed by atoms with Crippen LogP contribution in [0.4, 0.5) is 0 Å². The van der Waals surface area contributed by atoms with Gasteiger partial charge in [-0.3, -0.25) is 9.59 Å². The zero-order chi connectivity index (χ0) is 15.8. The summed E-state index contributed by atoms with van der Waals surface area (Å²) in [5.74, 6) is -0.539. The molecule has 6 heteroatoms. The van der Waals surface area contributed by atoms with Crippen LogP contribution in [0.25, 0.3) is 0 Å². The molecular formula is C15H22N2O3S. The van der Waals surface area contributed by atoms with Gasteiger partial charge < -0.3 is 15.8 Å². The van der Waals surface area contributed by atoms with Crippen molar-refractivity contribution in [2.75, 3.05) is 13.4 Å². The van der Waals surface area contributed by atoms with Crippen LogP contribution in [0.5, 0.6) is 0 Å². The van der Waals surface area contributed by atoms with Gasteiger partial charge in [0.1, 0.15) is 0 Å². The van der Waals surface area contributed by atoms with Crippen molar-refractivity contribution in [1.82, 2.24) is 5.32 Å². The summed E-state index contributed by atoms with van der Waals surface area (Å²) in [6, 6.07) is 7.11. The fourth-order valence-corrected chi connectivity index (χ4v) is 2.29. The van der Waals surface area contributed by atoms with Crippen molar-refractivity contribution in [2.45, 2.75) is 36.7 Å². The molecule has 0 spiro atoms. The standard InChI is InChI=1S/C15H22N2O3S/c1-10(16)8-14(18)17-13(9-15(19)20-2)11-4-6-12(21-3)7-5-11/h4-7,10,13H,8-9,16H2,1-3H3,(H,17,18). The second kappa shape index (κ2) is 8.69. The van der Waals surface area contributed by atoms with Crippen LogP contribution in [0.3, 0.4) is 0 Å². The molecule has 1 rings (SSSR count). The van der Waals surface area contributed by atoms with Crippen molar-refractivity contribution in [3.63, 3.8) is 0 Å². The number of esters is 1. The highest BCUT2D eigenvalue weighted by molar-refractivity contribution is 7.98. The number of hydrogen-bond donors (Lipinski definition) is 2. The minimum absolute atomic E-state index is 0.0970. The minimum atomic E-state index is -0.403. The Morgan fingerprint density at radius 1 is 1.29 bits per heavy atom. The van der Waals surface area contributed by atoms with E-state index in [-0.39, 0.29) is 30.8 Å². The summed E-state index contributed by atoms with van der Waals surface area (Å²) in [5.41, 5.74) is 6.49. The highest BCUT2D eigenvalue weighted by atomic mass is 32.2. The van der Waals surface area contributed by atoms with Gasteiger partial charge in [-0.15, -0.1) is 11.8 Å². The maximum Gasteiger partial charge on any atom is 0.307 e. The predicted octanol–water partition coefficient (Wildman–Crippen LogP) is 1.87. The van der Waals surface area contributed by atoms with E-state index in [1.165, 1.54) is 7.11 Å². The van der Waals surface area contributed by atoms with E-state index < -0.39 is 6.04 Å². The first kappa shape index (κ1) is 17.5. The number of nitrogens with two attached hydrogens (primary N) is 1. The maximum atomic E-state index is 11.9. The van der Waals surface area contributed by atoms with Gasteiger partial charge in [0.05, 0.1) is 19.6 Å². The van der Waals surface area contributed by atoms with Crippen molar-refractivity contribution in [2.24, 2.45) is 5.73 Å². The predicted molar refractivity (Wildman–Crippen MR) is 84.0 cm³/mol. The molecule has 3 N–H and O–H groups in total. The van der Waals surface area contributed by atoms with Gasteiger partial charge >= 0.3 is 5.97 Å². The fourth-order valence-electron chi connectivity index (χ4n) is 1.88. The average molecular weight is 310 g/mol. The van der Waals surface area contributed by atoms with Gasteiger partial charge in [-0.2, -0.15) is 0 Å². The third-order valence-electron chi connectivity index (χ3n) is 2.96. The molecule has 1 aromatic rings. The van der Waals surface area contributed by atoms with Crippen molar-refractivity contribution in [3.8, 4) is 0 Å². The topological polar surface area (TPSA) is 81.4 Å². The Balaban J connectivity index is 2.84. The second-order valence-corrected chi connectivity index (χ2v) is 5.73. The van der Waals surface area contributed by atoms with Gasteiger partial charge in [0.25, 0.3) is 0 Å². The third-order valence-corrected chi connectivity index (χ3v) is 3.70. The van der Waals surface area contributed by atoms with Crippen molar-refractivity contribution in [3.05, 3.63) is 29.8 Å². The van der Waals surface area contributed by atoms with Crippen LogP contribution >= 0.6 is 11.8 Å². The molecule has 0 fully saturated rings. The zero-order valence-corrected chi connectivity index (χ0v) is 13.4. The minimum Gasteiger partial charge on any atom is -0.469 e. The number of carbonyl (C=O) groups excluding carboxylic acids is 2. The Bertz CT molecular complexity index is 474. The summed E-state index contributed by atoms with van der Waals surface area (Å²) >= 11 is 1.63. The van der Waals surface area contributed by atoms with E-state index in [0.717, 1.165) is 10.5 Å². The number of carbonyl (C=O) groups is 2. The Morgan fingerprint density at radius 3 is 2.38 bits per heavy atom. The van der Waals surface area contributed by atoms with Crippen LogP contribution in [0.2, 0.25) is 0 Å². The molecule has 0 bridgehead atoms. The van der Waals surface area contributed by atoms with Gasteiger partial charge in [0, 0.05) is 17.4 Å². The first-order valence-corrected chi connectivity index (χ1v) is 7.94. The fraction of sp³-hybridized carbons (Fsp3) is 0.467. The molecule has 0 saturated heterocycles. The molecular weight excluding hydrogens is 288 g/mol. The molecule has 0 heterocycles. The van der Waals surface area contributed by atoms with Crippen LogP contribution in [0.1, 0.15) is 31.4 Å². The summed E-state index contributed by atoms with van der Waals surface area (Å²) in [6.07, 6.45) is 2.31. The first-order chi connectivity index (χ1) is 9.96. The molecule has 1 amide bonds. The lowest BCUT2D eigenvalue weighted by atomic mass is 10.0. The number of amides is 1. The van der Waals surface area contributed by atoms with Gasteiger partial charge in [-0.05, 0) is 30.9 Å². The lowest BCUT2D eigenvalue weighted by molar-refractivity contribution is -0.141. The van der Waals surface area contributed by atoms with Crippen molar-refractivity contribution < 1.29 is 14.3 Å². The molecule has 0 aliphatic heterocycles. The Labute approximate surface area is 129 Å². The summed E-state index contributed by atoms with van der Waals surface area (Å²) < 4.78 is 4.69. The highest BCUT2D eigenvalue weighted by Crippen LogP contribution is 2.21. The molecule has 116 valence electrons. The van der Waals surface area contributed by atoms with Crippen LogP contribution in [0, 0.1) is 0 Å². The van der Waals surface area contributed by atoms with Crippen LogP contribution in [0.15, 0.2) is 29.2 Å². The molecule has 21 heavy (non-hydrogen) atoms. The SMILES string of the molecule is COC(=O)CC(NC(=O)CC(C)N)c1ccc(SC)cc1. The third kappa shape index (κ3) is 6.18. The first-order valence-electron chi connectivity index (χ1n) is 6.72. The molecule has 2 unspecified atom stereocenters. The van der Waals surface area contributed by atoms with Crippen molar-refractivity contribution >= 4 is 23.6 Å². The largest absolute Gasteiger partial charge is 0.469 e.